The number of carbonyl (C=O) groups is 1. The molecule has 1 aromatic rings. The minimum atomic E-state index is -3.76. The average Bonchev–Trinajstić information content (AvgIpc) is 2.15. The maximum atomic E-state index is 12.9. The Kier molecular flexibility index (Phi) is 3.84. The van der Waals surface area contributed by atoms with Crippen LogP contribution in [0.15, 0.2) is 30.9 Å². The summed E-state index contributed by atoms with van der Waals surface area (Å²) in [6.07, 6.45) is 1.14. The van der Waals surface area contributed by atoms with E-state index < -0.39 is 21.8 Å². The topological polar surface area (TPSA) is 83.5 Å². The SMILES string of the molecule is C=CCS(=O)(=O)Nc1cc(F)ccc1C(=O)O. The molecule has 0 unspecified atom stereocenters. The Morgan fingerprint density at radius 2 is 2.18 bits per heavy atom. The van der Waals surface area contributed by atoms with Gasteiger partial charge in [0.25, 0.3) is 0 Å². The van der Waals surface area contributed by atoms with E-state index >= 15 is 0 Å². The minimum absolute atomic E-state index is 0.306. The number of benzene rings is 1. The maximum absolute atomic E-state index is 12.9. The van der Waals surface area contributed by atoms with Crippen LogP contribution in [-0.2, 0) is 10.0 Å². The van der Waals surface area contributed by atoms with Gasteiger partial charge in [-0.25, -0.2) is 17.6 Å². The van der Waals surface area contributed by atoms with Crippen LogP contribution in [0.1, 0.15) is 10.4 Å². The molecule has 0 aliphatic heterocycles. The molecule has 1 aromatic carbocycles. The summed E-state index contributed by atoms with van der Waals surface area (Å²) in [6.45, 7) is 3.25. The molecule has 0 saturated carbocycles. The van der Waals surface area contributed by atoms with Gasteiger partial charge in [0.2, 0.25) is 10.0 Å². The van der Waals surface area contributed by atoms with Crippen LogP contribution in [0.25, 0.3) is 0 Å². The van der Waals surface area contributed by atoms with Crippen LogP contribution < -0.4 is 4.72 Å². The van der Waals surface area contributed by atoms with E-state index in [0.29, 0.717) is 0 Å². The highest BCUT2D eigenvalue weighted by Gasteiger charge is 2.15. The van der Waals surface area contributed by atoms with Crippen LogP contribution in [0.5, 0.6) is 0 Å². The molecule has 5 nitrogen and oxygen atoms in total. The lowest BCUT2D eigenvalue weighted by Gasteiger charge is -2.09. The summed E-state index contributed by atoms with van der Waals surface area (Å²) in [6, 6.07) is 2.74. The zero-order valence-corrected chi connectivity index (χ0v) is 9.50. The van der Waals surface area contributed by atoms with E-state index in [-0.39, 0.29) is 17.0 Å². The van der Waals surface area contributed by atoms with Crippen molar-refractivity contribution in [2.45, 2.75) is 0 Å². The Hall–Kier alpha value is -1.89. The quantitative estimate of drug-likeness (QED) is 0.784. The van der Waals surface area contributed by atoms with Crippen LogP contribution in [0.2, 0.25) is 0 Å². The van der Waals surface area contributed by atoms with Gasteiger partial charge < -0.3 is 5.11 Å². The highest BCUT2D eigenvalue weighted by atomic mass is 32.2. The van der Waals surface area contributed by atoms with Crippen LogP contribution in [0.3, 0.4) is 0 Å². The molecule has 7 heteroatoms. The number of anilines is 1. The first-order valence-electron chi connectivity index (χ1n) is 4.50. The Balaban J connectivity index is 3.17. The van der Waals surface area contributed by atoms with Crippen LogP contribution in [0.4, 0.5) is 10.1 Å². The molecule has 0 spiro atoms. The fourth-order valence-electron chi connectivity index (χ4n) is 1.15. The molecule has 0 saturated heterocycles. The molecule has 1 rings (SSSR count). The summed E-state index contributed by atoms with van der Waals surface area (Å²) in [5.74, 6) is -2.46. The summed E-state index contributed by atoms with van der Waals surface area (Å²) in [7, 11) is -3.76. The standard InChI is InChI=1S/C10H10FNO4S/c1-2-5-17(15,16)12-9-6-7(11)3-4-8(9)10(13)14/h2-4,6,12H,1,5H2,(H,13,14). The maximum Gasteiger partial charge on any atom is 0.337 e. The Morgan fingerprint density at radius 3 is 2.71 bits per heavy atom. The van der Waals surface area contributed by atoms with Crippen molar-refractivity contribution in [2.24, 2.45) is 0 Å². The summed E-state index contributed by atoms with van der Waals surface area (Å²) in [5, 5.41) is 8.81. The summed E-state index contributed by atoms with van der Waals surface area (Å²) in [4.78, 5) is 10.8. The third-order valence-corrected chi connectivity index (χ3v) is 3.02. The highest BCUT2D eigenvalue weighted by Crippen LogP contribution is 2.18. The minimum Gasteiger partial charge on any atom is -0.478 e. The van der Waals surface area contributed by atoms with E-state index in [1.54, 1.807) is 0 Å². The molecule has 0 bridgehead atoms. The van der Waals surface area contributed by atoms with E-state index in [9.17, 15) is 17.6 Å². The second kappa shape index (κ2) is 4.96. The van der Waals surface area contributed by atoms with Gasteiger partial charge in [0.15, 0.2) is 0 Å². The number of hydrogen-bond acceptors (Lipinski definition) is 3. The predicted molar refractivity (Wildman–Crippen MR) is 61.0 cm³/mol. The van der Waals surface area contributed by atoms with Crippen molar-refractivity contribution in [2.75, 3.05) is 10.5 Å². The molecule has 0 atom stereocenters. The van der Waals surface area contributed by atoms with E-state index in [0.717, 1.165) is 24.3 Å². The Bertz CT molecular complexity index is 553. The average molecular weight is 259 g/mol. The number of nitrogens with one attached hydrogen (secondary N) is 1. The fraction of sp³-hybridized carbons (Fsp3) is 0.100. The molecule has 0 fully saturated rings. The Labute approximate surface area is 97.6 Å². The van der Waals surface area contributed by atoms with Gasteiger partial charge in [-0.2, -0.15) is 0 Å². The largest absolute Gasteiger partial charge is 0.478 e. The van der Waals surface area contributed by atoms with Gasteiger partial charge in [-0.3, -0.25) is 4.72 Å². The van der Waals surface area contributed by atoms with Crippen molar-refractivity contribution in [3.63, 3.8) is 0 Å². The Morgan fingerprint density at radius 1 is 1.53 bits per heavy atom. The molecular weight excluding hydrogens is 249 g/mol. The van der Waals surface area contributed by atoms with Gasteiger partial charge in [0, 0.05) is 0 Å². The number of carboxylic acid groups (broad SMARTS) is 1. The zero-order chi connectivity index (χ0) is 13.1. The second-order valence-electron chi connectivity index (χ2n) is 3.17. The van der Waals surface area contributed by atoms with Crippen molar-refractivity contribution in [3.8, 4) is 0 Å². The summed E-state index contributed by atoms with van der Waals surface area (Å²) >= 11 is 0. The molecule has 0 aliphatic rings. The van der Waals surface area contributed by atoms with Crippen LogP contribution in [0, 0.1) is 5.82 Å². The molecule has 92 valence electrons. The van der Waals surface area contributed by atoms with E-state index in [1.807, 2.05) is 4.72 Å². The predicted octanol–water partition coefficient (Wildman–Crippen LogP) is 1.45. The van der Waals surface area contributed by atoms with Gasteiger partial charge in [0.05, 0.1) is 17.0 Å². The lowest BCUT2D eigenvalue weighted by Crippen LogP contribution is -2.17. The van der Waals surface area contributed by atoms with Crippen molar-refractivity contribution in [1.29, 1.82) is 0 Å². The first kappa shape index (κ1) is 13.2. The van der Waals surface area contributed by atoms with Crippen molar-refractivity contribution < 1.29 is 22.7 Å². The van der Waals surface area contributed by atoms with Gasteiger partial charge in [-0.05, 0) is 18.2 Å². The van der Waals surface area contributed by atoms with Gasteiger partial charge in [-0.15, -0.1) is 6.58 Å². The number of rotatable bonds is 5. The molecule has 0 aliphatic carbocycles. The number of sulfonamides is 1. The normalized spacial score (nSPS) is 10.9. The second-order valence-corrected chi connectivity index (χ2v) is 4.93. The van der Waals surface area contributed by atoms with Crippen LogP contribution in [-0.4, -0.2) is 25.2 Å². The fourth-order valence-corrected chi connectivity index (χ4v) is 2.05. The third kappa shape index (κ3) is 3.56. The van der Waals surface area contributed by atoms with E-state index in [4.69, 9.17) is 5.11 Å². The van der Waals surface area contributed by atoms with E-state index in [1.165, 1.54) is 0 Å². The third-order valence-electron chi connectivity index (χ3n) is 1.81. The number of carboxylic acids is 1. The molecule has 2 N–H and O–H groups in total. The van der Waals surface area contributed by atoms with Crippen molar-refractivity contribution >= 4 is 21.7 Å². The number of hydrogen-bond donors (Lipinski definition) is 2. The molecule has 0 heterocycles. The number of aromatic carboxylic acids is 1. The van der Waals surface area contributed by atoms with Crippen molar-refractivity contribution in [1.82, 2.24) is 0 Å². The highest BCUT2D eigenvalue weighted by molar-refractivity contribution is 7.92. The van der Waals surface area contributed by atoms with Gasteiger partial charge >= 0.3 is 5.97 Å². The summed E-state index contributed by atoms with van der Waals surface area (Å²) < 4.78 is 37.7. The monoisotopic (exact) mass is 259 g/mol. The van der Waals surface area contributed by atoms with Gasteiger partial charge in [0.1, 0.15) is 5.82 Å². The first-order chi connectivity index (χ1) is 7.85. The zero-order valence-electron chi connectivity index (χ0n) is 8.68. The summed E-state index contributed by atoms with van der Waals surface area (Å²) in [5.41, 5.74) is -0.626. The number of halogens is 1. The van der Waals surface area contributed by atoms with Crippen molar-refractivity contribution in [3.05, 3.63) is 42.2 Å². The molecule has 17 heavy (non-hydrogen) atoms. The molecule has 0 radical (unpaired) electrons. The molecule has 0 aromatic heterocycles. The lowest BCUT2D eigenvalue weighted by atomic mass is 10.2. The molecular formula is C10H10FNO4S. The van der Waals surface area contributed by atoms with Gasteiger partial charge in [-0.1, -0.05) is 6.08 Å². The smallest absolute Gasteiger partial charge is 0.337 e. The lowest BCUT2D eigenvalue weighted by molar-refractivity contribution is 0.0698. The van der Waals surface area contributed by atoms with E-state index in [2.05, 4.69) is 6.58 Å². The first-order valence-corrected chi connectivity index (χ1v) is 6.15. The van der Waals surface area contributed by atoms with Crippen LogP contribution >= 0.6 is 0 Å². The molecule has 0 amide bonds.